The van der Waals surface area contributed by atoms with Crippen LogP contribution in [0.3, 0.4) is 0 Å². The van der Waals surface area contributed by atoms with Crippen LogP contribution in [0.4, 0.5) is 8.78 Å². The van der Waals surface area contributed by atoms with E-state index in [2.05, 4.69) is 16.7 Å². The summed E-state index contributed by atoms with van der Waals surface area (Å²) in [7, 11) is 3.99. The quantitative estimate of drug-likeness (QED) is 0.496. The van der Waals surface area contributed by atoms with Crippen LogP contribution in [0.25, 0.3) is 5.69 Å². The van der Waals surface area contributed by atoms with E-state index in [0.29, 0.717) is 11.4 Å². The van der Waals surface area contributed by atoms with Gasteiger partial charge in [-0.3, -0.25) is 14.4 Å². The molecule has 2 atom stereocenters. The van der Waals surface area contributed by atoms with E-state index < -0.39 is 0 Å². The highest BCUT2D eigenvalue weighted by molar-refractivity contribution is 7.71. The third kappa shape index (κ3) is 4.46. The lowest BCUT2D eigenvalue weighted by atomic mass is 10.0. The average Bonchev–Trinajstić information content (AvgIpc) is 3.34. The van der Waals surface area contributed by atoms with Gasteiger partial charge < -0.3 is 0 Å². The summed E-state index contributed by atoms with van der Waals surface area (Å²) in [6.45, 7) is 3.53. The van der Waals surface area contributed by atoms with Crippen molar-refractivity contribution in [3.05, 3.63) is 76.3 Å². The van der Waals surface area contributed by atoms with E-state index in [1.165, 1.54) is 24.3 Å². The van der Waals surface area contributed by atoms with Gasteiger partial charge in [-0.15, -0.1) is 0 Å². The van der Waals surface area contributed by atoms with Gasteiger partial charge in [0.15, 0.2) is 5.82 Å². The van der Waals surface area contributed by atoms with Crippen molar-refractivity contribution in [2.45, 2.75) is 38.5 Å². The highest BCUT2D eigenvalue weighted by Gasteiger charge is 2.28. The summed E-state index contributed by atoms with van der Waals surface area (Å²) in [6, 6.07) is 13.3. The van der Waals surface area contributed by atoms with Gasteiger partial charge in [0, 0.05) is 18.3 Å². The topological polar surface area (TPSA) is 29.2 Å². The van der Waals surface area contributed by atoms with Crippen LogP contribution in [-0.2, 0) is 6.67 Å². The fourth-order valence-electron chi connectivity index (χ4n) is 4.08. The third-order valence-corrected chi connectivity index (χ3v) is 6.42. The predicted molar refractivity (Wildman–Crippen MR) is 120 cm³/mol. The second-order valence-corrected chi connectivity index (χ2v) is 8.62. The molecule has 8 heteroatoms. The number of aromatic nitrogens is 3. The number of likely N-dealkylation sites (tertiary alicyclic amines) is 1. The molecular formula is C23H27F2N5S. The number of hydrogen-bond acceptors (Lipinski definition) is 4. The number of benzene rings is 2. The van der Waals surface area contributed by atoms with Crippen LogP contribution in [0.2, 0.25) is 0 Å². The van der Waals surface area contributed by atoms with Gasteiger partial charge in [0.2, 0.25) is 4.77 Å². The van der Waals surface area contributed by atoms with E-state index >= 15 is 0 Å². The molecule has 0 radical (unpaired) electrons. The first kappa shape index (κ1) is 21.8. The Morgan fingerprint density at radius 3 is 2.29 bits per heavy atom. The molecule has 1 saturated heterocycles. The van der Waals surface area contributed by atoms with E-state index in [1.807, 2.05) is 35.5 Å². The van der Waals surface area contributed by atoms with Crippen molar-refractivity contribution in [2.75, 3.05) is 20.6 Å². The first-order chi connectivity index (χ1) is 14.8. The van der Waals surface area contributed by atoms with E-state index in [4.69, 9.17) is 17.3 Å². The average molecular weight is 444 g/mol. The van der Waals surface area contributed by atoms with E-state index in [-0.39, 0.29) is 23.7 Å². The van der Waals surface area contributed by atoms with Crippen LogP contribution in [0, 0.1) is 16.4 Å². The van der Waals surface area contributed by atoms with Crippen molar-refractivity contribution in [3.63, 3.8) is 0 Å². The van der Waals surface area contributed by atoms with Gasteiger partial charge in [0.25, 0.3) is 0 Å². The third-order valence-electron chi connectivity index (χ3n) is 6.03. The maximum atomic E-state index is 13.5. The van der Waals surface area contributed by atoms with E-state index in [9.17, 15) is 8.78 Å². The van der Waals surface area contributed by atoms with Crippen molar-refractivity contribution in [1.82, 2.24) is 24.1 Å². The minimum atomic E-state index is -0.288. The van der Waals surface area contributed by atoms with E-state index in [1.54, 1.807) is 12.1 Å². The largest absolute Gasteiger partial charge is 0.300 e. The lowest BCUT2D eigenvalue weighted by Crippen LogP contribution is -2.27. The van der Waals surface area contributed by atoms with Crippen molar-refractivity contribution >= 4 is 12.2 Å². The molecule has 0 spiro atoms. The molecule has 31 heavy (non-hydrogen) atoms. The maximum Gasteiger partial charge on any atom is 0.203 e. The van der Waals surface area contributed by atoms with Gasteiger partial charge in [-0.2, -0.15) is 5.10 Å². The Bertz CT molecular complexity index is 1090. The van der Waals surface area contributed by atoms with Crippen LogP contribution < -0.4 is 0 Å². The zero-order valence-corrected chi connectivity index (χ0v) is 18.8. The van der Waals surface area contributed by atoms with Crippen LogP contribution in [0.5, 0.6) is 0 Å². The first-order valence-electron chi connectivity index (χ1n) is 10.5. The second-order valence-electron chi connectivity index (χ2n) is 8.26. The first-order valence-corrected chi connectivity index (χ1v) is 10.9. The highest BCUT2D eigenvalue weighted by atomic mass is 32.1. The Morgan fingerprint density at radius 1 is 1.06 bits per heavy atom. The summed E-state index contributed by atoms with van der Waals surface area (Å²) in [4.78, 5) is 4.40. The van der Waals surface area contributed by atoms with Gasteiger partial charge in [0.05, 0.1) is 12.7 Å². The van der Waals surface area contributed by atoms with Crippen LogP contribution >= 0.6 is 12.2 Å². The molecule has 2 aromatic carbocycles. The molecule has 0 unspecified atom stereocenters. The molecule has 0 amide bonds. The highest BCUT2D eigenvalue weighted by Crippen LogP contribution is 2.32. The van der Waals surface area contributed by atoms with Crippen molar-refractivity contribution in [2.24, 2.45) is 0 Å². The van der Waals surface area contributed by atoms with Gasteiger partial charge in [-0.05, 0) is 88.0 Å². The fraction of sp³-hybridized carbons (Fsp3) is 0.391. The Kier molecular flexibility index (Phi) is 6.31. The van der Waals surface area contributed by atoms with Crippen LogP contribution in [0.1, 0.15) is 43.2 Å². The number of halogens is 2. The summed E-state index contributed by atoms with van der Waals surface area (Å²) < 4.78 is 31.2. The van der Waals surface area contributed by atoms with Gasteiger partial charge in [-0.1, -0.05) is 12.1 Å². The van der Waals surface area contributed by atoms with Crippen molar-refractivity contribution in [3.8, 4) is 5.69 Å². The number of hydrogen-bond donors (Lipinski definition) is 0. The zero-order chi connectivity index (χ0) is 22.1. The molecule has 2 heterocycles. The normalized spacial score (nSPS) is 18.1. The molecular weight excluding hydrogens is 416 g/mol. The molecule has 0 N–H and O–H groups in total. The monoisotopic (exact) mass is 443 g/mol. The Labute approximate surface area is 186 Å². The van der Waals surface area contributed by atoms with Crippen molar-refractivity contribution < 1.29 is 8.78 Å². The molecule has 1 fully saturated rings. The molecule has 4 rings (SSSR count). The van der Waals surface area contributed by atoms with Gasteiger partial charge in [-0.25, -0.2) is 13.5 Å². The maximum absolute atomic E-state index is 13.5. The molecule has 1 aromatic heterocycles. The Hall–Kier alpha value is -2.42. The molecule has 1 aliphatic heterocycles. The summed E-state index contributed by atoms with van der Waals surface area (Å²) in [5.74, 6) is 0.291. The lowest BCUT2D eigenvalue weighted by Gasteiger charge is -2.24. The standard InChI is InChI=1S/C23H27F2N5S/c1-16(27(2)3)22-26-29(23(31)30(22)20-12-10-19(25)11-13-20)15-28-14-4-5-21(28)17-6-8-18(24)9-7-17/h6-13,16,21H,4-5,14-15H2,1-3H3/t16-,21-/m1/s1. The lowest BCUT2D eigenvalue weighted by molar-refractivity contribution is 0.188. The number of rotatable bonds is 6. The Morgan fingerprint density at radius 2 is 1.68 bits per heavy atom. The van der Waals surface area contributed by atoms with Crippen LogP contribution in [0.15, 0.2) is 48.5 Å². The molecule has 3 aromatic rings. The zero-order valence-electron chi connectivity index (χ0n) is 18.0. The minimum absolute atomic E-state index is 0.0134. The predicted octanol–water partition coefficient (Wildman–Crippen LogP) is 5.10. The summed E-state index contributed by atoms with van der Waals surface area (Å²) in [6.07, 6.45) is 2.08. The molecule has 5 nitrogen and oxygen atoms in total. The Balaban J connectivity index is 1.70. The molecule has 0 aliphatic carbocycles. The smallest absolute Gasteiger partial charge is 0.203 e. The molecule has 164 valence electrons. The van der Waals surface area contributed by atoms with E-state index in [0.717, 1.165) is 36.5 Å². The fourth-order valence-corrected chi connectivity index (χ4v) is 4.38. The van der Waals surface area contributed by atoms with Crippen LogP contribution in [-0.4, -0.2) is 44.8 Å². The van der Waals surface area contributed by atoms with Gasteiger partial charge in [0.1, 0.15) is 11.6 Å². The SMILES string of the molecule is C[C@H](c1nn(CN2CCC[C@@H]2c2ccc(F)cc2)c(=S)n1-c1ccc(F)cc1)N(C)C. The second kappa shape index (κ2) is 8.98. The summed E-state index contributed by atoms with van der Waals surface area (Å²) in [5.41, 5.74) is 1.89. The molecule has 1 aliphatic rings. The summed E-state index contributed by atoms with van der Waals surface area (Å²) in [5, 5.41) is 4.87. The van der Waals surface area contributed by atoms with Crippen molar-refractivity contribution in [1.29, 1.82) is 0 Å². The molecule has 0 bridgehead atoms. The van der Waals surface area contributed by atoms with Gasteiger partial charge >= 0.3 is 0 Å². The minimum Gasteiger partial charge on any atom is -0.300 e. The number of nitrogens with zero attached hydrogens (tertiary/aromatic N) is 5. The summed E-state index contributed by atoms with van der Waals surface area (Å²) >= 11 is 5.82. The molecule has 0 saturated carbocycles.